The van der Waals surface area contributed by atoms with Gasteiger partial charge in [-0.3, -0.25) is 14.1 Å². The number of nitrogens with one attached hydrogen (secondary N) is 1. The van der Waals surface area contributed by atoms with Crippen LogP contribution in [0.1, 0.15) is 47.0 Å². The average molecular weight is 372 g/mol. The molecule has 1 aliphatic rings. The Bertz CT molecular complexity index is 904. The summed E-state index contributed by atoms with van der Waals surface area (Å²) >= 11 is 1.56. The van der Waals surface area contributed by atoms with Crippen molar-refractivity contribution in [3.05, 3.63) is 40.7 Å². The van der Waals surface area contributed by atoms with Crippen molar-refractivity contribution in [1.82, 2.24) is 29.2 Å². The Morgan fingerprint density at radius 3 is 2.85 bits per heavy atom. The van der Waals surface area contributed by atoms with Crippen LogP contribution in [0, 0.1) is 6.92 Å². The average Bonchev–Trinajstić information content (AvgIpc) is 3.33. The van der Waals surface area contributed by atoms with Gasteiger partial charge in [0.15, 0.2) is 10.7 Å². The number of nitrogens with zero attached hydrogens (tertiary/aromatic N) is 5. The van der Waals surface area contributed by atoms with E-state index in [2.05, 4.69) is 19.9 Å². The summed E-state index contributed by atoms with van der Waals surface area (Å²) < 4.78 is 2.05. The molecule has 0 saturated carbocycles. The number of aromatic amines is 1. The van der Waals surface area contributed by atoms with Crippen LogP contribution in [-0.2, 0) is 13.1 Å². The molecular formula is C18H24N6OS. The molecule has 1 saturated heterocycles. The number of amides is 1. The molecular weight excluding hydrogens is 348 g/mol. The first-order valence-electron chi connectivity index (χ1n) is 9.04. The Kier molecular flexibility index (Phi) is 4.78. The number of aryl methyl sites for hydroxylation is 1. The topological polar surface area (TPSA) is 69.5 Å². The van der Waals surface area contributed by atoms with E-state index in [1.54, 1.807) is 11.3 Å². The van der Waals surface area contributed by atoms with E-state index in [-0.39, 0.29) is 5.91 Å². The van der Waals surface area contributed by atoms with Gasteiger partial charge in [-0.1, -0.05) is 0 Å². The van der Waals surface area contributed by atoms with E-state index in [9.17, 15) is 4.79 Å². The molecule has 1 amide bonds. The zero-order valence-corrected chi connectivity index (χ0v) is 16.1. The van der Waals surface area contributed by atoms with Gasteiger partial charge in [0.25, 0.3) is 5.91 Å². The number of thiazole rings is 1. The van der Waals surface area contributed by atoms with E-state index in [1.807, 2.05) is 41.0 Å². The van der Waals surface area contributed by atoms with E-state index < -0.39 is 0 Å². The van der Waals surface area contributed by atoms with Gasteiger partial charge < -0.3 is 9.88 Å². The molecule has 0 atom stereocenters. The van der Waals surface area contributed by atoms with E-state index >= 15 is 0 Å². The lowest BCUT2D eigenvalue weighted by Crippen LogP contribution is -2.36. The van der Waals surface area contributed by atoms with Crippen molar-refractivity contribution in [2.45, 2.75) is 39.3 Å². The van der Waals surface area contributed by atoms with E-state index in [4.69, 9.17) is 0 Å². The zero-order valence-electron chi connectivity index (χ0n) is 15.2. The SMILES string of the molecule is Cc1cnc(CN(C)Cc2c(C(=O)N3CCCCC3)nc3sccn23)[nH]1. The van der Waals surface area contributed by atoms with Crippen LogP contribution < -0.4 is 0 Å². The summed E-state index contributed by atoms with van der Waals surface area (Å²) in [6, 6.07) is 0. The molecule has 26 heavy (non-hydrogen) atoms. The molecule has 8 heteroatoms. The Balaban J connectivity index is 1.58. The van der Waals surface area contributed by atoms with Crippen molar-refractivity contribution in [2.75, 3.05) is 20.1 Å². The number of piperidine rings is 1. The van der Waals surface area contributed by atoms with Gasteiger partial charge in [-0.15, -0.1) is 11.3 Å². The number of carbonyl (C=O) groups excluding carboxylic acids is 1. The number of imidazole rings is 2. The highest BCUT2D eigenvalue weighted by molar-refractivity contribution is 7.15. The van der Waals surface area contributed by atoms with Gasteiger partial charge in [-0.2, -0.15) is 0 Å². The minimum Gasteiger partial charge on any atom is -0.345 e. The standard InChI is InChI=1S/C18H24N6OS/c1-13-10-19-15(20-13)12-22(2)11-14-16(21-18-24(14)8-9-26-18)17(25)23-6-4-3-5-7-23/h8-10H,3-7,11-12H2,1-2H3,(H,19,20). The highest BCUT2D eigenvalue weighted by Crippen LogP contribution is 2.22. The highest BCUT2D eigenvalue weighted by atomic mass is 32.1. The molecule has 4 heterocycles. The zero-order chi connectivity index (χ0) is 18.1. The number of hydrogen-bond donors (Lipinski definition) is 1. The Hall–Kier alpha value is -2.19. The van der Waals surface area contributed by atoms with Crippen LogP contribution in [0.2, 0.25) is 0 Å². The number of fused-ring (bicyclic) bond motifs is 1. The molecule has 0 bridgehead atoms. The maximum absolute atomic E-state index is 13.0. The third-order valence-electron chi connectivity index (χ3n) is 4.80. The van der Waals surface area contributed by atoms with Gasteiger partial charge in [0, 0.05) is 43.1 Å². The normalized spacial score (nSPS) is 15.3. The van der Waals surface area contributed by atoms with E-state index in [1.165, 1.54) is 6.42 Å². The first-order chi connectivity index (χ1) is 12.6. The molecule has 3 aromatic heterocycles. The maximum Gasteiger partial charge on any atom is 0.274 e. The molecule has 0 unspecified atom stereocenters. The number of rotatable bonds is 5. The second kappa shape index (κ2) is 7.20. The van der Waals surface area contributed by atoms with Gasteiger partial charge in [0.2, 0.25) is 0 Å². The summed E-state index contributed by atoms with van der Waals surface area (Å²) in [6.07, 6.45) is 7.22. The van der Waals surface area contributed by atoms with Crippen LogP contribution in [0.3, 0.4) is 0 Å². The number of H-pyrrole nitrogens is 1. The highest BCUT2D eigenvalue weighted by Gasteiger charge is 2.26. The molecule has 1 aliphatic heterocycles. The van der Waals surface area contributed by atoms with Gasteiger partial charge in [0.1, 0.15) is 5.82 Å². The van der Waals surface area contributed by atoms with Gasteiger partial charge in [0.05, 0.1) is 12.2 Å². The Morgan fingerprint density at radius 1 is 1.31 bits per heavy atom. The number of likely N-dealkylation sites (tertiary alicyclic amines) is 1. The molecule has 1 fully saturated rings. The lowest BCUT2D eigenvalue weighted by Gasteiger charge is -2.26. The molecule has 3 aromatic rings. The van der Waals surface area contributed by atoms with Crippen molar-refractivity contribution in [1.29, 1.82) is 0 Å². The molecule has 1 N–H and O–H groups in total. The molecule has 0 spiro atoms. The maximum atomic E-state index is 13.0. The lowest BCUT2D eigenvalue weighted by molar-refractivity contribution is 0.0716. The predicted octanol–water partition coefficient (Wildman–Crippen LogP) is 2.69. The summed E-state index contributed by atoms with van der Waals surface area (Å²) in [5, 5.41) is 2.01. The molecule has 7 nitrogen and oxygen atoms in total. The minimum atomic E-state index is 0.0674. The van der Waals surface area contributed by atoms with Gasteiger partial charge >= 0.3 is 0 Å². The summed E-state index contributed by atoms with van der Waals surface area (Å²) in [4.78, 5) is 30.3. The van der Waals surface area contributed by atoms with Gasteiger partial charge in [-0.05, 0) is 33.2 Å². The second-order valence-electron chi connectivity index (χ2n) is 7.00. The van der Waals surface area contributed by atoms with Crippen LogP contribution in [0.4, 0.5) is 0 Å². The Morgan fingerprint density at radius 2 is 2.12 bits per heavy atom. The molecule has 0 aromatic carbocycles. The van der Waals surface area contributed by atoms with Crippen LogP contribution >= 0.6 is 11.3 Å². The Labute approximate surface area is 156 Å². The van der Waals surface area contributed by atoms with Crippen LogP contribution in [0.15, 0.2) is 17.8 Å². The monoisotopic (exact) mass is 372 g/mol. The second-order valence-corrected chi connectivity index (χ2v) is 7.87. The van der Waals surface area contributed by atoms with E-state index in [0.29, 0.717) is 18.8 Å². The van der Waals surface area contributed by atoms with Gasteiger partial charge in [-0.25, -0.2) is 9.97 Å². The lowest BCUT2D eigenvalue weighted by atomic mass is 10.1. The first-order valence-corrected chi connectivity index (χ1v) is 9.92. The molecule has 0 radical (unpaired) electrons. The summed E-state index contributed by atoms with van der Waals surface area (Å²) in [6.45, 7) is 5.02. The van der Waals surface area contributed by atoms with Crippen LogP contribution in [0.5, 0.6) is 0 Å². The van der Waals surface area contributed by atoms with Crippen molar-refractivity contribution < 1.29 is 4.79 Å². The summed E-state index contributed by atoms with van der Waals surface area (Å²) in [5.74, 6) is 0.998. The van der Waals surface area contributed by atoms with Crippen molar-refractivity contribution >= 4 is 22.2 Å². The number of carbonyl (C=O) groups is 1. The summed E-state index contributed by atoms with van der Waals surface area (Å²) in [5.41, 5.74) is 2.61. The smallest absolute Gasteiger partial charge is 0.274 e. The first kappa shape index (κ1) is 17.2. The molecule has 138 valence electrons. The van der Waals surface area contributed by atoms with Crippen LogP contribution in [-0.4, -0.2) is 55.2 Å². The number of aromatic nitrogens is 4. The largest absolute Gasteiger partial charge is 0.345 e. The van der Waals surface area contributed by atoms with E-state index in [0.717, 1.165) is 48.1 Å². The third kappa shape index (κ3) is 3.39. The fourth-order valence-electron chi connectivity index (χ4n) is 3.52. The van der Waals surface area contributed by atoms with Crippen LogP contribution in [0.25, 0.3) is 4.96 Å². The fraction of sp³-hybridized carbons (Fsp3) is 0.500. The molecule has 4 rings (SSSR count). The van der Waals surface area contributed by atoms with Crippen molar-refractivity contribution in [2.24, 2.45) is 0 Å². The predicted molar refractivity (Wildman–Crippen MR) is 101 cm³/mol. The fourth-order valence-corrected chi connectivity index (χ4v) is 4.25. The molecule has 0 aliphatic carbocycles. The third-order valence-corrected chi connectivity index (χ3v) is 5.56. The minimum absolute atomic E-state index is 0.0674. The van der Waals surface area contributed by atoms with Crippen molar-refractivity contribution in [3.63, 3.8) is 0 Å². The van der Waals surface area contributed by atoms with Crippen molar-refractivity contribution in [3.8, 4) is 0 Å². The number of hydrogen-bond acceptors (Lipinski definition) is 5. The summed E-state index contributed by atoms with van der Waals surface area (Å²) in [7, 11) is 2.04. The quantitative estimate of drug-likeness (QED) is 0.748.